The molecule has 1 aliphatic heterocycles. The second-order valence-electron chi connectivity index (χ2n) is 4.34. The highest BCUT2D eigenvalue weighted by atomic mass is 35.7. The number of rotatable bonds is 3. The largest absolute Gasteiger partial charge is 0.376 e. The molecule has 1 aromatic carbocycles. The maximum atomic E-state index is 11.9. The zero-order chi connectivity index (χ0) is 14.8. The number of nitrogens with one attached hydrogen (secondary N) is 1. The number of amides is 1. The molecule has 1 heterocycles. The summed E-state index contributed by atoms with van der Waals surface area (Å²) in [6.07, 6.45) is -0.653. The second-order valence-corrected chi connectivity index (χ2v) is 6.90. The van der Waals surface area contributed by atoms with Gasteiger partial charge in [-0.25, -0.2) is 8.42 Å². The minimum atomic E-state index is -3.78. The summed E-state index contributed by atoms with van der Waals surface area (Å²) < 4.78 is 32.8. The van der Waals surface area contributed by atoms with Gasteiger partial charge in [0.1, 0.15) is 0 Å². The van der Waals surface area contributed by atoms with Crippen LogP contribution in [0.25, 0.3) is 0 Å². The van der Waals surface area contributed by atoms with Crippen molar-refractivity contribution in [3.63, 3.8) is 0 Å². The lowest BCUT2D eigenvalue weighted by Gasteiger charge is -2.22. The van der Waals surface area contributed by atoms with Gasteiger partial charge in [0, 0.05) is 16.4 Å². The van der Waals surface area contributed by atoms with Gasteiger partial charge in [-0.1, -0.05) is 0 Å². The summed E-state index contributed by atoms with van der Waals surface area (Å²) in [5, 5.41) is 2.68. The van der Waals surface area contributed by atoms with Gasteiger partial charge in [-0.05, 0) is 30.7 Å². The normalized spacial score (nSPS) is 19.6. The lowest BCUT2D eigenvalue weighted by molar-refractivity contribution is -0.142. The summed E-state index contributed by atoms with van der Waals surface area (Å²) in [7, 11) is 1.48. The maximum Gasteiger partial charge on any atom is 0.261 e. The number of carbonyl (C=O) groups is 1. The fourth-order valence-corrected chi connectivity index (χ4v) is 2.62. The highest BCUT2D eigenvalue weighted by Gasteiger charge is 2.23. The molecule has 1 aliphatic rings. The minimum absolute atomic E-state index is 0.00749. The van der Waals surface area contributed by atoms with Crippen LogP contribution in [0.2, 0.25) is 0 Å². The molecular formula is C12H14ClNO5S. The van der Waals surface area contributed by atoms with Crippen LogP contribution in [0, 0.1) is 6.92 Å². The standard InChI is InChI=1S/C12H14ClNO5S/c1-8-6-9(20(13,16)17)2-3-10(8)14-12(15)11-7-18-4-5-19-11/h2-3,6,11H,4-5,7H2,1H3,(H,14,15). The highest BCUT2D eigenvalue weighted by molar-refractivity contribution is 8.13. The van der Waals surface area contributed by atoms with Gasteiger partial charge in [-0.15, -0.1) is 0 Å². The van der Waals surface area contributed by atoms with Gasteiger partial charge in [0.2, 0.25) is 0 Å². The van der Waals surface area contributed by atoms with Gasteiger partial charge < -0.3 is 14.8 Å². The van der Waals surface area contributed by atoms with Gasteiger partial charge >= 0.3 is 0 Å². The Bertz CT molecular complexity index is 610. The molecule has 1 atom stereocenters. The molecule has 1 amide bonds. The van der Waals surface area contributed by atoms with E-state index in [0.717, 1.165) is 0 Å². The van der Waals surface area contributed by atoms with E-state index in [-0.39, 0.29) is 17.4 Å². The van der Waals surface area contributed by atoms with Crippen molar-refractivity contribution < 1.29 is 22.7 Å². The summed E-state index contributed by atoms with van der Waals surface area (Å²) >= 11 is 0. The lowest BCUT2D eigenvalue weighted by atomic mass is 10.2. The van der Waals surface area contributed by atoms with Crippen molar-refractivity contribution >= 4 is 31.3 Å². The van der Waals surface area contributed by atoms with E-state index in [4.69, 9.17) is 20.2 Å². The van der Waals surface area contributed by atoms with Crippen LogP contribution in [0.5, 0.6) is 0 Å². The Kier molecular flexibility index (Phi) is 4.64. The average molecular weight is 320 g/mol. The first-order chi connectivity index (χ1) is 9.38. The molecule has 6 nitrogen and oxygen atoms in total. The molecule has 110 valence electrons. The van der Waals surface area contributed by atoms with Crippen LogP contribution in [0.1, 0.15) is 5.56 Å². The van der Waals surface area contributed by atoms with Gasteiger partial charge in [-0.2, -0.15) is 0 Å². The molecule has 0 saturated carbocycles. The van der Waals surface area contributed by atoms with Gasteiger partial charge in [-0.3, -0.25) is 4.79 Å². The van der Waals surface area contributed by atoms with Crippen molar-refractivity contribution in [2.24, 2.45) is 0 Å². The highest BCUT2D eigenvalue weighted by Crippen LogP contribution is 2.22. The monoisotopic (exact) mass is 319 g/mol. The van der Waals surface area contributed by atoms with Crippen LogP contribution in [-0.2, 0) is 23.3 Å². The van der Waals surface area contributed by atoms with Crippen molar-refractivity contribution in [1.82, 2.24) is 0 Å². The molecule has 0 radical (unpaired) electrons. The summed E-state index contributed by atoms with van der Waals surface area (Å²) in [6, 6.07) is 4.23. The van der Waals surface area contributed by atoms with Gasteiger partial charge in [0.25, 0.3) is 15.0 Å². The average Bonchev–Trinajstić information content (AvgIpc) is 2.41. The molecule has 2 rings (SSSR count). The van der Waals surface area contributed by atoms with Gasteiger partial charge in [0.15, 0.2) is 6.10 Å². The van der Waals surface area contributed by atoms with E-state index in [1.54, 1.807) is 6.92 Å². The van der Waals surface area contributed by atoms with E-state index in [0.29, 0.717) is 24.5 Å². The van der Waals surface area contributed by atoms with Crippen molar-refractivity contribution in [1.29, 1.82) is 0 Å². The Balaban J connectivity index is 2.11. The topological polar surface area (TPSA) is 81.7 Å². The first-order valence-corrected chi connectivity index (χ1v) is 8.24. The number of halogens is 1. The number of benzene rings is 1. The number of hydrogen-bond donors (Lipinski definition) is 1. The number of anilines is 1. The molecule has 1 saturated heterocycles. The molecular weight excluding hydrogens is 306 g/mol. The van der Waals surface area contributed by atoms with Crippen LogP contribution in [-0.4, -0.2) is 40.2 Å². The lowest BCUT2D eigenvalue weighted by Crippen LogP contribution is -2.39. The van der Waals surface area contributed by atoms with E-state index in [2.05, 4.69) is 5.32 Å². The molecule has 8 heteroatoms. The van der Waals surface area contributed by atoms with Gasteiger partial charge in [0.05, 0.1) is 24.7 Å². The van der Waals surface area contributed by atoms with Crippen molar-refractivity contribution in [2.45, 2.75) is 17.9 Å². The third-order valence-corrected chi connectivity index (χ3v) is 4.20. The molecule has 0 aliphatic carbocycles. The van der Waals surface area contributed by atoms with Crippen LogP contribution in [0.15, 0.2) is 23.1 Å². The predicted octanol–water partition coefficient (Wildman–Crippen LogP) is 1.28. The Morgan fingerprint density at radius 1 is 1.40 bits per heavy atom. The van der Waals surface area contributed by atoms with Crippen molar-refractivity contribution in [2.75, 3.05) is 25.1 Å². The SMILES string of the molecule is Cc1cc(S(=O)(=O)Cl)ccc1NC(=O)C1COCCO1. The van der Waals surface area contributed by atoms with Crippen LogP contribution < -0.4 is 5.32 Å². The zero-order valence-electron chi connectivity index (χ0n) is 10.8. The van der Waals surface area contributed by atoms with Crippen LogP contribution in [0.4, 0.5) is 5.69 Å². The van der Waals surface area contributed by atoms with E-state index in [1.165, 1.54) is 18.2 Å². The zero-order valence-corrected chi connectivity index (χ0v) is 12.3. The molecule has 0 bridgehead atoms. The summed E-state index contributed by atoms with van der Waals surface area (Å²) in [5.41, 5.74) is 1.10. The minimum Gasteiger partial charge on any atom is -0.376 e. The first-order valence-electron chi connectivity index (χ1n) is 5.93. The second kappa shape index (κ2) is 6.09. The van der Waals surface area contributed by atoms with Crippen LogP contribution in [0.3, 0.4) is 0 Å². The summed E-state index contributed by atoms with van der Waals surface area (Å²) in [6.45, 7) is 2.74. The molecule has 0 spiro atoms. The number of ether oxygens (including phenoxy) is 2. The first kappa shape index (κ1) is 15.2. The Morgan fingerprint density at radius 2 is 2.15 bits per heavy atom. The predicted molar refractivity (Wildman–Crippen MR) is 73.4 cm³/mol. The van der Waals surface area contributed by atoms with E-state index >= 15 is 0 Å². The summed E-state index contributed by atoms with van der Waals surface area (Å²) in [4.78, 5) is 11.9. The van der Waals surface area contributed by atoms with Crippen LogP contribution >= 0.6 is 10.7 Å². The number of carbonyl (C=O) groups excluding carboxylic acids is 1. The van der Waals surface area contributed by atoms with E-state index < -0.39 is 15.2 Å². The fourth-order valence-electron chi connectivity index (χ4n) is 1.78. The van der Waals surface area contributed by atoms with E-state index in [1.807, 2.05) is 0 Å². The Morgan fingerprint density at radius 3 is 2.70 bits per heavy atom. The third-order valence-electron chi connectivity index (χ3n) is 2.85. The molecule has 1 aromatic rings. The quantitative estimate of drug-likeness (QED) is 0.849. The molecule has 20 heavy (non-hydrogen) atoms. The number of aryl methyl sites for hydroxylation is 1. The smallest absolute Gasteiger partial charge is 0.261 e. The Hall–Kier alpha value is -1.15. The fraction of sp³-hybridized carbons (Fsp3) is 0.417. The number of hydrogen-bond acceptors (Lipinski definition) is 5. The third kappa shape index (κ3) is 3.69. The molecule has 1 N–H and O–H groups in total. The molecule has 0 aromatic heterocycles. The summed E-state index contributed by atoms with van der Waals surface area (Å²) in [5.74, 6) is -0.325. The maximum absolute atomic E-state index is 11.9. The van der Waals surface area contributed by atoms with Crippen molar-refractivity contribution in [3.05, 3.63) is 23.8 Å². The van der Waals surface area contributed by atoms with E-state index in [9.17, 15) is 13.2 Å². The molecule has 1 fully saturated rings. The molecule has 1 unspecified atom stereocenters. The Labute approximate surface area is 121 Å². The van der Waals surface area contributed by atoms with Crippen molar-refractivity contribution in [3.8, 4) is 0 Å².